The van der Waals surface area contributed by atoms with Gasteiger partial charge in [0.05, 0.1) is 7.11 Å². The number of nitrogens with zero attached hydrogens (tertiary/aromatic N) is 2. The molecule has 0 radical (unpaired) electrons. The van der Waals surface area contributed by atoms with E-state index < -0.39 is 0 Å². The van der Waals surface area contributed by atoms with Gasteiger partial charge < -0.3 is 20.1 Å². The maximum Gasteiger partial charge on any atom is 0.221 e. The minimum absolute atomic E-state index is 0.158. The standard InChI is InChI=1S/C20H25N3O3/c1-5-23(6-2)17-9-7-15(19(25)12-17)13-21-18-11-16(22-14(3)24)8-10-20(18)26-4/h7-13,25H,5-6H2,1-4H3,(H,22,24). The molecule has 2 N–H and O–H groups in total. The molecule has 2 aromatic rings. The van der Waals surface area contributed by atoms with Crippen molar-refractivity contribution in [2.24, 2.45) is 4.99 Å². The molecule has 0 aliphatic heterocycles. The molecule has 26 heavy (non-hydrogen) atoms. The van der Waals surface area contributed by atoms with Crippen molar-refractivity contribution >= 4 is 29.2 Å². The van der Waals surface area contributed by atoms with Crippen molar-refractivity contribution in [1.82, 2.24) is 0 Å². The lowest BCUT2D eigenvalue weighted by Gasteiger charge is -2.21. The van der Waals surface area contributed by atoms with Crippen LogP contribution in [0.15, 0.2) is 41.4 Å². The number of methoxy groups -OCH3 is 1. The smallest absolute Gasteiger partial charge is 0.221 e. The molecule has 1 amide bonds. The molecule has 0 unspecified atom stereocenters. The summed E-state index contributed by atoms with van der Waals surface area (Å²) in [4.78, 5) is 17.8. The summed E-state index contributed by atoms with van der Waals surface area (Å²) in [5.74, 6) is 0.583. The van der Waals surface area contributed by atoms with E-state index in [1.165, 1.54) is 6.92 Å². The van der Waals surface area contributed by atoms with Crippen LogP contribution in [0, 0.1) is 0 Å². The molecular weight excluding hydrogens is 330 g/mol. The van der Waals surface area contributed by atoms with Crippen molar-refractivity contribution in [3.63, 3.8) is 0 Å². The van der Waals surface area contributed by atoms with E-state index in [2.05, 4.69) is 29.1 Å². The summed E-state index contributed by atoms with van der Waals surface area (Å²) in [5, 5.41) is 13.0. The normalized spacial score (nSPS) is 10.8. The van der Waals surface area contributed by atoms with Gasteiger partial charge in [-0.25, -0.2) is 0 Å². The number of amides is 1. The predicted octanol–water partition coefficient (Wildman–Crippen LogP) is 3.96. The fraction of sp³-hybridized carbons (Fsp3) is 0.300. The van der Waals surface area contributed by atoms with Gasteiger partial charge in [0, 0.05) is 49.2 Å². The summed E-state index contributed by atoms with van der Waals surface area (Å²) in [6.45, 7) is 7.34. The van der Waals surface area contributed by atoms with E-state index in [0.717, 1.165) is 18.8 Å². The van der Waals surface area contributed by atoms with Gasteiger partial charge in [0.1, 0.15) is 17.2 Å². The van der Waals surface area contributed by atoms with Crippen LogP contribution in [0.2, 0.25) is 0 Å². The molecule has 0 aliphatic rings. The Kier molecular flexibility index (Phi) is 6.60. The number of rotatable bonds is 7. The van der Waals surface area contributed by atoms with Crippen LogP contribution in [-0.2, 0) is 4.79 Å². The Bertz CT molecular complexity index is 799. The van der Waals surface area contributed by atoms with Gasteiger partial charge in [-0.2, -0.15) is 0 Å². The summed E-state index contributed by atoms with van der Waals surface area (Å²) < 4.78 is 5.31. The second-order valence-corrected chi connectivity index (χ2v) is 5.74. The largest absolute Gasteiger partial charge is 0.507 e. The van der Waals surface area contributed by atoms with Crippen LogP contribution in [0.3, 0.4) is 0 Å². The summed E-state index contributed by atoms with van der Waals surface area (Å²) >= 11 is 0. The number of hydrogen-bond acceptors (Lipinski definition) is 5. The molecule has 0 heterocycles. The van der Waals surface area contributed by atoms with E-state index in [1.807, 2.05) is 12.1 Å². The predicted molar refractivity (Wildman–Crippen MR) is 106 cm³/mol. The third-order valence-corrected chi connectivity index (χ3v) is 3.98. The lowest BCUT2D eigenvalue weighted by Crippen LogP contribution is -2.21. The van der Waals surface area contributed by atoms with Crippen LogP contribution < -0.4 is 15.0 Å². The van der Waals surface area contributed by atoms with Crippen LogP contribution in [0.1, 0.15) is 26.3 Å². The molecular formula is C20H25N3O3. The molecule has 0 aromatic heterocycles. The van der Waals surface area contributed by atoms with Crippen LogP contribution in [0.25, 0.3) is 0 Å². The minimum atomic E-state index is -0.158. The highest BCUT2D eigenvalue weighted by Gasteiger charge is 2.07. The van der Waals surface area contributed by atoms with E-state index in [0.29, 0.717) is 22.7 Å². The average molecular weight is 355 g/mol. The van der Waals surface area contributed by atoms with Crippen LogP contribution >= 0.6 is 0 Å². The second-order valence-electron chi connectivity index (χ2n) is 5.74. The van der Waals surface area contributed by atoms with Gasteiger partial charge in [-0.15, -0.1) is 0 Å². The topological polar surface area (TPSA) is 74.2 Å². The zero-order chi connectivity index (χ0) is 19.1. The molecule has 0 saturated carbocycles. The van der Waals surface area contributed by atoms with E-state index in [9.17, 15) is 9.90 Å². The number of benzene rings is 2. The number of nitrogens with one attached hydrogen (secondary N) is 1. The van der Waals surface area contributed by atoms with Crippen LogP contribution in [0.4, 0.5) is 17.1 Å². The first-order valence-electron chi connectivity index (χ1n) is 8.56. The van der Waals surface area contributed by atoms with Gasteiger partial charge in [0.2, 0.25) is 5.91 Å². The van der Waals surface area contributed by atoms with Crippen molar-refractivity contribution in [3.8, 4) is 11.5 Å². The van der Waals surface area contributed by atoms with Gasteiger partial charge in [-0.3, -0.25) is 9.79 Å². The minimum Gasteiger partial charge on any atom is -0.507 e. The number of hydrogen-bond donors (Lipinski definition) is 2. The van der Waals surface area contributed by atoms with Crippen molar-refractivity contribution < 1.29 is 14.6 Å². The Labute approximate surface area is 154 Å². The summed E-state index contributed by atoms with van der Waals surface area (Å²) in [5.41, 5.74) is 2.76. The van der Waals surface area contributed by atoms with Gasteiger partial charge >= 0.3 is 0 Å². The van der Waals surface area contributed by atoms with Crippen molar-refractivity contribution in [1.29, 1.82) is 0 Å². The van der Waals surface area contributed by atoms with E-state index >= 15 is 0 Å². The van der Waals surface area contributed by atoms with Gasteiger partial charge in [-0.1, -0.05) is 0 Å². The van der Waals surface area contributed by atoms with E-state index in [1.54, 1.807) is 37.6 Å². The Balaban J connectivity index is 2.30. The van der Waals surface area contributed by atoms with E-state index in [4.69, 9.17) is 4.74 Å². The maximum absolute atomic E-state index is 11.2. The lowest BCUT2D eigenvalue weighted by molar-refractivity contribution is -0.114. The fourth-order valence-electron chi connectivity index (χ4n) is 2.64. The van der Waals surface area contributed by atoms with Crippen molar-refractivity contribution in [2.75, 3.05) is 30.4 Å². The molecule has 0 atom stereocenters. The molecule has 0 aliphatic carbocycles. The Hall–Kier alpha value is -3.02. The molecule has 0 spiro atoms. The maximum atomic E-state index is 11.2. The lowest BCUT2D eigenvalue weighted by atomic mass is 10.1. The van der Waals surface area contributed by atoms with Gasteiger partial charge in [-0.05, 0) is 44.2 Å². The first kappa shape index (κ1) is 19.3. The Morgan fingerprint density at radius 1 is 1.23 bits per heavy atom. The Morgan fingerprint density at radius 2 is 1.96 bits per heavy atom. The first-order chi connectivity index (χ1) is 12.5. The number of carbonyl (C=O) groups is 1. The second kappa shape index (κ2) is 8.89. The number of aliphatic imine (C=N–C) groups is 1. The van der Waals surface area contributed by atoms with Gasteiger partial charge in [0.15, 0.2) is 0 Å². The SMILES string of the molecule is CCN(CC)c1ccc(C=Nc2cc(NC(C)=O)ccc2OC)c(O)c1. The molecule has 6 nitrogen and oxygen atoms in total. The molecule has 6 heteroatoms. The average Bonchev–Trinajstić information content (AvgIpc) is 2.61. The summed E-state index contributed by atoms with van der Waals surface area (Å²) in [6.07, 6.45) is 1.58. The highest BCUT2D eigenvalue weighted by molar-refractivity contribution is 5.90. The van der Waals surface area contributed by atoms with Crippen LogP contribution in [0.5, 0.6) is 11.5 Å². The molecule has 138 valence electrons. The number of phenolic OH excluding ortho intramolecular Hbond substituents is 1. The van der Waals surface area contributed by atoms with Crippen LogP contribution in [-0.4, -0.2) is 37.4 Å². The zero-order valence-electron chi connectivity index (χ0n) is 15.6. The number of ether oxygens (including phenoxy) is 1. The Morgan fingerprint density at radius 3 is 2.54 bits per heavy atom. The number of phenols is 1. The van der Waals surface area contributed by atoms with E-state index in [-0.39, 0.29) is 11.7 Å². The van der Waals surface area contributed by atoms with Gasteiger partial charge in [0.25, 0.3) is 0 Å². The monoisotopic (exact) mass is 355 g/mol. The molecule has 2 aromatic carbocycles. The molecule has 0 bridgehead atoms. The van der Waals surface area contributed by atoms with Crippen molar-refractivity contribution in [3.05, 3.63) is 42.0 Å². The van der Waals surface area contributed by atoms with Crippen molar-refractivity contribution in [2.45, 2.75) is 20.8 Å². The number of anilines is 2. The molecule has 2 rings (SSSR count). The third-order valence-electron chi connectivity index (χ3n) is 3.98. The highest BCUT2D eigenvalue weighted by atomic mass is 16.5. The first-order valence-corrected chi connectivity index (χ1v) is 8.56. The third kappa shape index (κ3) is 4.75. The molecule has 0 fully saturated rings. The summed E-state index contributed by atoms with van der Waals surface area (Å²) in [6, 6.07) is 10.7. The summed E-state index contributed by atoms with van der Waals surface area (Å²) in [7, 11) is 1.56. The quantitative estimate of drug-likeness (QED) is 0.738. The molecule has 0 saturated heterocycles. The highest BCUT2D eigenvalue weighted by Crippen LogP contribution is 2.31. The fourth-order valence-corrected chi connectivity index (χ4v) is 2.64. The zero-order valence-corrected chi connectivity index (χ0v) is 15.6. The number of carbonyl (C=O) groups excluding carboxylic acids is 1. The number of aromatic hydroxyl groups is 1.